The van der Waals surface area contributed by atoms with E-state index in [-0.39, 0.29) is 0 Å². The fourth-order valence-electron chi connectivity index (χ4n) is 2.69. The first-order valence-electron chi connectivity index (χ1n) is 9.47. The van der Waals surface area contributed by atoms with Crippen molar-refractivity contribution in [2.45, 2.75) is 31.5 Å². The summed E-state index contributed by atoms with van der Waals surface area (Å²) >= 11 is 14.1. The predicted molar refractivity (Wildman–Crippen MR) is 118 cm³/mol. The number of tetrazole rings is 1. The number of para-hydroxylation sites is 1. The maximum absolute atomic E-state index is 6.29. The Balaban J connectivity index is 1.46. The van der Waals surface area contributed by atoms with Crippen molar-refractivity contribution in [3.8, 4) is 11.4 Å². The summed E-state index contributed by atoms with van der Waals surface area (Å²) in [4.78, 5) is 0. The minimum absolute atomic E-state index is 0.547. The molecule has 6 nitrogen and oxygen atoms in total. The van der Waals surface area contributed by atoms with Gasteiger partial charge in [-0.05, 0) is 54.1 Å². The smallest absolute Gasteiger partial charge is 0.214 e. The van der Waals surface area contributed by atoms with E-state index in [2.05, 4.69) is 27.8 Å². The van der Waals surface area contributed by atoms with E-state index in [4.69, 9.17) is 27.9 Å². The SMILES string of the molecule is CCCOc1c(Cl)cc(Cl)cc1CNCCCSc1nnnn1-c1ccccc1. The summed E-state index contributed by atoms with van der Waals surface area (Å²) < 4.78 is 7.55. The van der Waals surface area contributed by atoms with Gasteiger partial charge in [-0.1, -0.05) is 60.1 Å². The lowest BCUT2D eigenvalue weighted by atomic mass is 10.2. The average molecular weight is 452 g/mol. The van der Waals surface area contributed by atoms with Crippen molar-refractivity contribution in [3.05, 3.63) is 58.1 Å². The number of aromatic nitrogens is 4. The zero-order chi connectivity index (χ0) is 20.5. The van der Waals surface area contributed by atoms with Crippen LogP contribution in [0.1, 0.15) is 25.3 Å². The van der Waals surface area contributed by atoms with E-state index in [9.17, 15) is 0 Å². The van der Waals surface area contributed by atoms with Crippen LogP contribution in [0.3, 0.4) is 0 Å². The van der Waals surface area contributed by atoms with Crippen molar-refractivity contribution in [2.24, 2.45) is 0 Å². The van der Waals surface area contributed by atoms with Crippen LogP contribution < -0.4 is 10.1 Å². The Hall–Kier alpha value is -1.80. The van der Waals surface area contributed by atoms with Crippen LogP contribution in [0.25, 0.3) is 5.69 Å². The molecule has 3 aromatic rings. The molecule has 154 valence electrons. The van der Waals surface area contributed by atoms with Gasteiger partial charge in [0.05, 0.1) is 17.3 Å². The highest BCUT2D eigenvalue weighted by Gasteiger charge is 2.11. The summed E-state index contributed by atoms with van der Waals surface area (Å²) in [5.41, 5.74) is 1.92. The molecule has 0 aliphatic carbocycles. The molecule has 9 heteroatoms. The molecule has 0 amide bonds. The number of nitrogens with one attached hydrogen (secondary N) is 1. The number of ether oxygens (including phenoxy) is 1. The van der Waals surface area contributed by atoms with Crippen molar-refractivity contribution in [1.29, 1.82) is 0 Å². The van der Waals surface area contributed by atoms with Crippen LogP contribution in [0.4, 0.5) is 0 Å². The number of halogens is 2. The molecule has 0 bridgehead atoms. The van der Waals surface area contributed by atoms with Crippen LogP contribution in [0.5, 0.6) is 5.75 Å². The van der Waals surface area contributed by atoms with Gasteiger partial charge in [-0.25, -0.2) is 0 Å². The van der Waals surface area contributed by atoms with Gasteiger partial charge in [0.15, 0.2) is 0 Å². The van der Waals surface area contributed by atoms with Gasteiger partial charge < -0.3 is 10.1 Å². The molecule has 0 saturated carbocycles. The minimum atomic E-state index is 0.547. The Kier molecular flexibility index (Phi) is 8.61. The Morgan fingerprint density at radius 2 is 2.00 bits per heavy atom. The summed E-state index contributed by atoms with van der Waals surface area (Å²) in [5, 5.41) is 17.4. The summed E-state index contributed by atoms with van der Waals surface area (Å²) in [6.45, 7) is 4.18. The quantitative estimate of drug-likeness (QED) is 0.325. The third-order valence-corrected chi connectivity index (χ3v) is 5.53. The first-order chi connectivity index (χ1) is 14.2. The van der Waals surface area contributed by atoms with E-state index in [1.54, 1.807) is 22.5 Å². The van der Waals surface area contributed by atoms with Gasteiger partial charge in [-0.2, -0.15) is 4.68 Å². The lowest BCUT2D eigenvalue weighted by molar-refractivity contribution is 0.313. The van der Waals surface area contributed by atoms with Crippen LogP contribution in [-0.4, -0.2) is 39.1 Å². The molecule has 0 unspecified atom stereocenters. The molecule has 29 heavy (non-hydrogen) atoms. The Bertz CT molecular complexity index is 907. The number of hydrogen-bond donors (Lipinski definition) is 1. The number of rotatable bonds is 11. The summed E-state index contributed by atoms with van der Waals surface area (Å²) in [6.07, 6.45) is 1.89. The highest BCUT2D eigenvalue weighted by Crippen LogP contribution is 2.32. The van der Waals surface area contributed by atoms with Gasteiger partial charge in [0.2, 0.25) is 5.16 Å². The molecule has 0 saturated heterocycles. The van der Waals surface area contributed by atoms with E-state index in [1.807, 2.05) is 36.4 Å². The van der Waals surface area contributed by atoms with Crippen LogP contribution >= 0.6 is 35.0 Å². The molecule has 0 radical (unpaired) electrons. The monoisotopic (exact) mass is 451 g/mol. The van der Waals surface area contributed by atoms with Gasteiger partial charge in [0, 0.05) is 22.9 Å². The Morgan fingerprint density at radius 1 is 1.17 bits per heavy atom. The topological polar surface area (TPSA) is 64.9 Å². The van der Waals surface area contributed by atoms with Crippen LogP contribution in [0, 0.1) is 0 Å². The highest BCUT2D eigenvalue weighted by molar-refractivity contribution is 7.99. The fraction of sp³-hybridized carbons (Fsp3) is 0.350. The van der Waals surface area contributed by atoms with Gasteiger partial charge >= 0.3 is 0 Å². The van der Waals surface area contributed by atoms with E-state index < -0.39 is 0 Å². The second-order valence-electron chi connectivity index (χ2n) is 6.31. The van der Waals surface area contributed by atoms with Gasteiger partial charge in [-0.3, -0.25) is 0 Å². The molecule has 1 N–H and O–H groups in total. The molecule has 1 heterocycles. The lowest BCUT2D eigenvalue weighted by Gasteiger charge is -2.14. The molecule has 3 rings (SSSR count). The average Bonchev–Trinajstić information content (AvgIpc) is 3.19. The number of nitrogens with zero attached hydrogens (tertiary/aromatic N) is 4. The summed E-state index contributed by atoms with van der Waals surface area (Å²) in [5.74, 6) is 1.61. The molecule has 0 atom stereocenters. The van der Waals surface area contributed by atoms with Gasteiger partial charge in [-0.15, -0.1) is 5.10 Å². The van der Waals surface area contributed by atoms with E-state index >= 15 is 0 Å². The summed E-state index contributed by atoms with van der Waals surface area (Å²) in [7, 11) is 0. The largest absolute Gasteiger partial charge is 0.492 e. The Labute approximate surface area is 184 Å². The van der Waals surface area contributed by atoms with Gasteiger partial charge in [0.1, 0.15) is 5.75 Å². The lowest BCUT2D eigenvalue weighted by Crippen LogP contribution is -2.16. The third kappa shape index (κ3) is 6.34. The van der Waals surface area contributed by atoms with Crippen LogP contribution in [0.15, 0.2) is 47.6 Å². The molecular formula is C20H23Cl2N5OS. The first kappa shape index (κ1) is 21.9. The number of hydrogen-bond acceptors (Lipinski definition) is 6. The van der Waals surface area contributed by atoms with Crippen molar-refractivity contribution >= 4 is 35.0 Å². The van der Waals surface area contributed by atoms with Gasteiger partial charge in [0.25, 0.3) is 0 Å². The van der Waals surface area contributed by atoms with E-state index in [0.717, 1.165) is 41.5 Å². The summed E-state index contributed by atoms with van der Waals surface area (Å²) in [6, 6.07) is 13.5. The molecular weight excluding hydrogens is 429 g/mol. The minimum Gasteiger partial charge on any atom is -0.492 e. The molecule has 0 aliphatic heterocycles. The second-order valence-corrected chi connectivity index (χ2v) is 8.22. The molecule has 0 aliphatic rings. The maximum atomic E-state index is 6.29. The third-order valence-electron chi connectivity index (χ3n) is 4.02. The molecule has 0 fully saturated rings. The van der Waals surface area contributed by atoms with Crippen molar-refractivity contribution < 1.29 is 4.74 Å². The number of thioether (sulfide) groups is 1. The predicted octanol–water partition coefficient (Wildman–Crippen LogP) is 5.03. The Morgan fingerprint density at radius 3 is 2.79 bits per heavy atom. The standard InChI is InChI=1S/C20H23Cl2N5OS/c1-2-10-28-19-15(12-16(21)13-18(19)22)14-23-9-6-11-29-20-24-25-26-27(20)17-7-4-3-5-8-17/h3-5,7-8,12-13,23H,2,6,9-11,14H2,1H3. The number of benzene rings is 2. The molecule has 2 aromatic carbocycles. The van der Waals surface area contributed by atoms with Crippen molar-refractivity contribution in [3.63, 3.8) is 0 Å². The van der Waals surface area contributed by atoms with Crippen LogP contribution in [-0.2, 0) is 6.54 Å². The van der Waals surface area contributed by atoms with Crippen LogP contribution in [0.2, 0.25) is 10.0 Å². The zero-order valence-electron chi connectivity index (χ0n) is 16.1. The highest BCUT2D eigenvalue weighted by atomic mass is 35.5. The van der Waals surface area contributed by atoms with Crippen molar-refractivity contribution in [2.75, 3.05) is 18.9 Å². The maximum Gasteiger partial charge on any atom is 0.214 e. The normalized spacial score (nSPS) is 11.0. The van der Waals surface area contributed by atoms with E-state index in [1.165, 1.54) is 0 Å². The first-order valence-corrected chi connectivity index (χ1v) is 11.2. The molecule has 0 spiro atoms. The van der Waals surface area contributed by atoms with E-state index in [0.29, 0.717) is 28.9 Å². The fourth-order valence-corrected chi connectivity index (χ4v) is 4.11. The zero-order valence-corrected chi connectivity index (χ0v) is 18.5. The van der Waals surface area contributed by atoms with Crippen molar-refractivity contribution in [1.82, 2.24) is 25.5 Å². The second kappa shape index (κ2) is 11.4. The molecule has 1 aromatic heterocycles.